The molecule has 178 valence electrons. The van der Waals surface area contributed by atoms with Crippen molar-refractivity contribution in [3.05, 3.63) is 66.0 Å². The Morgan fingerprint density at radius 3 is 2.27 bits per heavy atom. The number of hydrogen-bond acceptors (Lipinski definition) is 4. The lowest BCUT2D eigenvalue weighted by atomic mass is 9.81. The maximum Gasteiger partial charge on any atom is 0.242 e. The molecule has 1 saturated carbocycles. The van der Waals surface area contributed by atoms with E-state index in [-0.39, 0.29) is 41.6 Å². The molecule has 0 spiro atoms. The molecule has 2 aromatic carbocycles. The minimum atomic E-state index is -3.69. The van der Waals surface area contributed by atoms with Gasteiger partial charge in [0.1, 0.15) is 5.82 Å². The van der Waals surface area contributed by atoms with Crippen LogP contribution in [0.25, 0.3) is 0 Å². The molecule has 0 heterocycles. The summed E-state index contributed by atoms with van der Waals surface area (Å²) in [6.45, 7) is 0.713. The first-order valence-corrected chi connectivity index (χ1v) is 12.5. The molecule has 0 bridgehead atoms. The monoisotopic (exact) mass is 475 g/mol. The van der Waals surface area contributed by atoms with Crippen LogP contribution in [0.2, 0.25) is 0 Å². The number of nitrogens with zero attached hydrogens (tertiary/aromatic N) is 1. The molecule has 33 heavy (non-hydrogen) atoms. The van der Waals surface area contributed by atoms with Gasteiger partial charge in [0.15, 0.2) is 0 Å². The lowest BCUT2D eigenvalue weighted by Gasteiger charge is -2.28. The van der Waals surface area contributed by atoms with Crippen LogP contribution in [0.1, 0.15) is 31.2 Å². The topological polar surface area (TPSA) is 95.6 Å². The molecule has 1 fully saturated rings. The Balaban J connectivity index is 1.38. The zero-order chi connectivity index (χ0) is 23.8. The van der Waals surface area contributed by atoms with Gasteiger partial charge in [0, 0.05) is 26.1 Å². The molecule has 7 nitrogen and oxygen atoms in total. The second-order valence-electron chi connectivity index (χ2n) is 8.48. The van der Waals surface area contributed by atoms with E-state index in [1.165, 1.54) is 12.1 Å². The fourth-order valence-electron chi connectivity index (χ4n) is 3.94. The van der Waals surface area contributed by atoms with E-state index in [1.54, 1.807) is 11.9 Å². The Morgan fingerprint density at radius 1 is 1.00 bits per heavy atom. The molecule has 9 heteroatoms. The lowest BCUT2D eigenvalue weighted by Crippen LogP contribution is -2.41. The highest BCUT2D eigenvalue weighted by Crippen LogP contribution is 2.28. The summed E-state index contributed by atoms with van der Waals surface area (Å²) in [7, 11) is -1.99. The fraction of sp³-hybridized carbons (Fsp3) is 0.417. The summed E-state index contributed by atoms with van der Waals surface area (Å²) in [5.41, 5.74) is 1.02. The van der Waals surface area contributed by atoms with Crippen LogP contribution < -0.4 is 10.0 Å². The Kier molecular flexibility index (Phi) is 8.57. The number of benzene rings is 2. The zero-order valence-electron chi connectivity index (χ0n) is 18.7. The second kappa shape index (κ2) is 11.4. The van der Waals surface area contributed by atoms with Crippen molar-refractivity contribution in [2.75, 3.05) is 20.1 Å². The highest BCUT2D eigenvalue weighted by molar-refractivity contribution is 7.89. The van der Waals surface area contributed by atoms with Gasteiger partial charge in [-0.3, -0.25) is 9.59 Å². The average Bonchev–Trinajstić information content (AvgIpc) is 2.82. The summed E-state index contributed by atoms with van der Waals surface area (Å²) in [5, 5.41) is 2.74. The van der Waals surface area contributed by atoms with Crippen molar-refractivity contribution in [3.63, 3.8) is 0 Å². The minimum absolute atomic E-state index is 0.0267. The van der Waals surface area contributed by atoms with Crippen molar-refractivity contribution in [2.24, 2.45) is 11.8 Å². The molecule has 1 aliphatic rings. The van der Waals surface area contributed by atoms with Gasteiger partial charge in [-0.1, -0.05) is 30.3 Å². The Labute approximate surface area is 194 Å². The van der Waals surface area contributed by atoms with Crippen LogP contribution in [0.3, 0.4) is 0 Å². The predicted molar refractivity (Wildman–Crippen MR) is 123 cm³/mol. The third-order valence-electron chi connectivity index (χ3n) is 6.01. The summed E-state index contributed by atoms with van der Waals surface area (Å²) < 4.78 is 40.3. The van der Waals surface area contributed by atoms with E-state index in [2.05, 4.69) is 10.0 Å². The molecule has 0 saturated heterocycles. The van der Waals surface area contributed by atoms with Gasteiger partial charge in [0.25, 0.3) is 0 Å². The van der Waals surface area contributed by atoms with Crippen molar-refractivity contribution < 1.29 is 22.4 Å². The predicted octanol–water partition coefficient (Wildman–Crippen LogP) is 2.69. The lowest BCUT2D eigenvalue weighted by molar-refractivity contribution is -0.133. The minimum Gasteiger partial charge on any atom is -0.347 e. The summed E-state index contributed by atoms with van der Waals surface area (Å²) >= 11 is 0. The molecule has 0 aromatic heterocycles. The largest absolute Gasteiger partial charge is 0.347 e. The Bertz CT molecular complexity index is 1040. The highest BCUT2D eigenvalue weighted by atomic mass is 32.2. The van der Waals surface area contributed by atoms with Crippen molar-refractivity contribution in [2.45, 2.75) is 37.1 Å². The molecular weight excluding hydrogens is 445 g/mol. The molecule has 0 unspecified atom stereocenters. The molecule has 1 aliphatic carbocycles. The molecular formula is C24H30FN3O4S. The number of carbonyl (C=O) groups is 2. The van der Waals surface area contributed by atoms with E-state index in [9.17, 15) is 22.4 Å². The number of sulfonamides is 1. The first kappa shape index (κ1) is 24.9. The van der Waals surface area contributed by atoms with Crippen molar-refractivity contribution in [1.82, 2.24) is 14.9 Å². The van der Waals surface area contributed by atoms with Crippen LogP contribution in [0.4, 0.5) is 4.39 Å². The Hall–Kier alpha value is -2.78. The van der Waals surface area contributed by atoms with Gasteiger partial charge < -0.3 is 10.2 Å². The average molecular weight is 476 g/mol. The molecule has 2 aromatic rings. The number of hydrogen-bond donors (Lipinski definition) is 2. The number of halogens is 1. The second-order valence-corrected chi connectivity index (χ2v) is 10.2. The maximum absolute atomic E-state index is 13.0. The summed E-state index contributed by atoms with van der Waals surface area (Å²) in [4.78, 5) is 26.4. The number of nitrogens with one attached hydrogen (secondary N) is 2. The molecule has 2 amide bonds. The van der Waals surface area contributed by atoms with E-state index < -0.39 is 15.8 Å². The van der Waals surface area contributed by atoms with Gasteiger partial charge in [-0.25, -0.2) is 17.5 Å². The van der Waals surface area contributed by atoms with E-state index in [0.717, 1.165) is 17.7 Å². The smallest absolute Gasteiger partial charge is 0.242 e. The van der Waals surface area contributed by atoms with Crippen LogP contribution in [0, 0.1) is 17.7 Å². The SMILES string of the molecule is CN(Cc1ccccc1)C(=O)CNC(=O)C1CCC(CNS(=O)(=O)c2ccc(F)cc2)CC1. The molecule has 2 N–H and O–H groups in total. The number of likely N-dealkylation sites (N-methyl/N-ethyl adjacent to an activating group) is 1. The van der Waals surface area contributed by atoms with E-state index in [0.29, 0.717) is 32.2 Å². The van der Waals surface area contributed by atoms with Crippen molar-refractivity contribution in [3.8, 4) is 0 Å². The maximum atomic E-state index is 13.0. The van der Waals surface area contributed by atoms with Gasteiger partial charge in [-0.05, 0) is 61.4 Å². The molecule has 0 atom stereocenters. The van der Waals surface area contributed by atoms with Crippen LogP contribution in [0.5, 0.6) is 0 Å². The molecule has 0 radical (unpaired) electrons. The van der Waals surface area contributed by atoms with Gasteiger partial charge >= 0.3 is 0 Å². The Morgan fingerprint density at radius 2 is 1.64 bits per heavy atom. The van der Waals surface area contributed by atoms with Crippen molar-refractivity contribution in [1.29, 1.82) is 0 Å². The number of carbonyl (C=O) groups excluding carboxylic acids is 2. The van der Waals surface area contributed by atoms with Crippen LogP contribution in [0.15, 0.2) is 59.5 Å². The molecule has 3 rings (SSSR count). The van der Waals surface area contributed by atoms with Crippen LogP contribution in [-0.2, 0) is 26.2 Å². The quantitative estimate of drug-likeness (QED) is 0.583. The van der Waals surface area contributed by atoms with E-state index >= 15 is 0 Å². The number of rotatable bonds is 9. The van der Waals surface area contributed by atoms with Gasteiger partial charge in [0.2, 0.25) is 21.8 Å². The number of amides is 2. The normalized spacial score (nSPS) is 18.5. The van der Waals surface area contributed by atoms with Gasteiger partial charge in [0.05, 0.1) is 11.4 Å². The van der Waals surface area contributed by atoms with Gasteiger partial charge in [-0.15, -0.1) is 0 Å². The third kappa shape index (κ3) is 7.36. The summed E-state index contributed by atoms with van der Waals surface area (Å²) in [6.07, 6.45) is 2.71. The standard InChI is InChI=1S/C24H30FN3O4S/c1-28(17-19-5-3-2-4-6-19)23(29)16-26-24(30)20-9-7-18(8-10-20)15-27-33(31,32)22-13-11-21(25)12-14-22/h2-6,11-14,18,20,27H,7-10,15-17H2,1H3,(H,26,30). The van der Waals surface area contributed by atoms with E-state index in [1.807, 2.05) is 30.3 Å². The highest BCUT2D eigenvalue weighted by Gasteiger charge is 2.27. The third-order valence-corrected chi connectivity index (χ3v) is 7.45. The summed E-state index contributed by atoms with van der Waals surface area (Å²) in [5.74, 6) is -0.835. The first-order valence-electron chi connectivity index (χ1n) is 11.1. The zero-order valence-corrected chi connectivity index (χ0v) is 19.5. The summed E-state index contributed by atoms with van der Waals surface area (Å²) in [6, 6.07) is 14.3. The van der Waals surface area contributed by atoms with E-state index in [4.69, 9.17) is 0 Å². The first-order chi connectivity index (χ1) is 15.7. The van der Waals surface area contributed by atoms with Crippen LogP contribution >= 0.6 is 0 Å². The van der Waals surface area contributed by atoms with Gasteiger partial charge in [-0.2, -0.15) is 0 Å². The van der Waals surface area contributed by atoms with Crippen molar-refractivity contribution >= 4 is 21.8 Å². The van der Waals surface area contributed by atoms with Crippen LogP contribution in [-0.4, -0.2) is 45.3 Å². The molecule has 0 aliphatic heterocycles. The fourth-order valence-corrected chi connectivity index (χ4v) is 5.06.